The van der Waals surface area contributed by atoms with Crippen molar-refractivity contribution in [2.75, 3.05) is 5.32 Å². The SMILES string of the molecule is O=C(NC(=O)c1c(F)cccc1F)Nc1ccc(OCc2ccc(OC(F)(F)F)cc2)c(C(F)(F)F)c1. The molecule has 3 amide bonds. The van der Waals surface area contributed by atoms with Crippen molar-refractivity contribution in [1.82, 2.24) is 5.32 Å². The van der Waals surface area contributed by atoms with E-state index in [0.717, 1.165) is 54.6 Å². The number of benzene rings is 3. The summed E-state index contributed by atoms with van der Waals surface area (Å²) in [6.07, 6.45) is -9.87. The van der Waals surface area contributed by atoms with E-state index >= 15 is 0 Å². The summed E-state index contributed by atoms with van der Waals surface area (Å²) in [6, 6.07) is 7.74. The molecule has 0 aliphatic rings. The number of hydrogen-bond donors (Lipinski definition) is 2. The van der Waals surface area contributed by atoms with Crippen LogP contribution in [0.3, 0.4) is 0 Å². The molecule has 0 bridgehead atoms. The van der Waals surface area contributed by atoms with Crippen LogP contribution >= 0.6 is 0 Å². The van der Waals surface area contributed by atoms with E-state index in [4.69, 9.17) is 4.74 Å². The van der Waals surface area contributed by atoms with Crippen molar-refractivity contribution in [1.29, 1.82) is 0 Å². The second-order valence-corrected chi connectivity index (χ2v) is 7.19. The van der Waals surface area contributed by atoms with Gasteiger partial charge in [-0.25, -0.2) is 13.6 Å². The van der Waals surface area contributed by atoms with E-state index < -0.39 is 71.0 Å². The van der Waals surface area contributed by atoms with Gasteiger partial charge in [0.05, 0.1) is 5.56 Å². The van der Waals surface area contributed by atoms with E-state index in [0.29, 0.717) is 6.07 Å². The van der Waals surface area contributed by atoms with Gasteiger partial charge in [-0.1, -0.05) is 18.2 Å². The zero-order valence-electron chi connectivity index (χ0n) is 18.1. The summed E-state index contributed by atoms with van der Waals surface area (Å²) < 4.78 is 114. The van der Waals surface area contributed by atoms with E-state index in [1.165, 1.54) is 0 Å². The van der Waals surface area contributed by atoms with Crippen LogP contribution in [0, 0.1) is 11.6 Å². The van der Waals surface area contributed by atoms with Gasteiger partial charge >= 0.3 is 18.6 Å². The topological polar surface area (TPSA) is 76.7 Å². The molecule has 0 aliphatic carbocycles. The fourth-order valence-corrected chi connectivity index (χ4v) is 2.95. The number of imide groups is 1. The monoisotopic (exact) mass is 534 g/mol. The van der Waals surface area contributed by atoms with Gasteiger partial charge in [0.1, 0.15) is 35.3 Å². The number of nitrogens with one attached hydrogen (secondary N) is 2. The lowest BCUT2D eigenvalue weighted by Crippen LogP contribution is -2.35. The zero-order valence-corrected chi connectivity index (χ0v) is 18.1. The fourth-order valence-electron chi connectivity index (χ4n) is 2.95. The summed E-state index contributed by atoms with van der Waals surface area (Å²) in [4.78, 5) is 24.0. The highest BCUT2D eigenvalue weighted by Gasteiger charge is 2.35. The van der Waals surface area contributed by atoms with Crippen molar-refractivity contribution in [2.24, 2.45) is 0 Å². The molecule has 0 fully saturated rings. The van der Waals surface area contributed by atoms with Crippen LogP contribution in [0.1, 0.15) is 21.5 Å². The van der Waals surface area contributed by atoms with Gasteiger partial charge in [0, 0.05) is 5.69 Å². The molecule has 3 rings (SSSR count). The number of hydrogen-bond acceptors (Lipinski definition) is 4. The van der Waals surface area contributed by atoms with E-state index in [1.807, 2.05) is 5.32 Å². The Hall–Kier alpha value is -4.36. The maximum Gasteiger partial charge on any atom is 0.573 e. The van der Waals surface area contributed by atoms with Crippen molar-refractivity contribution in [3.05, 3.63) is 89.0 Å². The minimum absolute atomic E-state index is 0.225. The van der Waals surface area contributed by atoms with Gasteiger partial charge in [-0.05, 0) is 48.0 Å². The van der Waals surface area contributed by atoms with Crippen LogP contribution in [-0.4, -0.2) is 18.3 Å². The highest BCUT2D eigenvalue weighted by atomic mass is 19.4. The third-order valence-corrected chi connectivity index (χ3v) is 4.51. The van der Waals surface area contributed by atoms with Gasteiger partial charge in [0.25, 0.3) is 5.91 Å². The molecule has 0 radical (unpaired) electrons. The summed E-state index contributed by atoms with van der Waals surface area (Å²) in [5.41, 5.74) is -2.60. The quantitative estimate of drug-likeness (QED) is 0.358. The number of anilines is 1. The van der Waals surface area contributed by atoms with Gasteiger partial charge in [0.15, 0.2) is 0 Å². The van der Waals surface area contributed by atoms with Gasteiger partial charge in [-0.3, -0.25) is 10.1 Å². The van der Waals surface area contributed by atoms with E-state index in [1.54, 1.807) is 5.32 Å². The van der Waals surface area contributed by atoms with Crippen molar-refractivity contribution >= 4 is 17.6 Å². The molecule has 0 spiro atoms. The number of amides is 3. The predicted octanol–water partition coefficient (Wildman–Crippen LogP) is 6.42. The first kappa shape index (κ1) is 27.2. The van der Waals surface area contributed by atoms with E-state index in [9.17, 15) is 44.7 Å². The highest BCUT2D eigenvalue weighted by Crippen LogP contribution is 2.38. The summed E-state index contributed by atoms with van der Waals surface area (Å²) in [7, 11) is 0. The minimum atomic E-state index is -4.96. The fraction of sp³-hybridized carbons (Fsp3) is 0.130. The van der Waals surface area contributed by atoms with Crippen LogP contribution in [0.5, 0.6) is 11.5 Å². The highest BCUT2D eigenvalue weighted by molar-refractivity contribution is 6.08. The van der Waals surface area contributed by atoms with Gasteiger partial charge in [-0.2, -0.15) is 13.2 Å². The number of urea groups is 1. The van der Waals surface area contributed by atoms with Crippen molar-refractivity contribution in [2.45, 2.75) is 19.1 Å². The molecule has 6 nitrogen and oxygen atoms in total. The molecule has 0 aliphatic heterocycles. The summed E-state index contributed by atoms with van der Waals surface area (Å²) >= 11 is 0. The lowest BCUT2D eigenvalue weighted by molar-refractivity contribution is -0.274. The molecule has 14 heteroatoms. The summed E-state index contributed by atoms with van der Waals surface area (Å²) in [5, 5.41) is 3.55. The summed E-state index contributed by atoms with van der Waals surface area (Å²) in [6.45, 7) is -0.453. The van der Waals surface area contributed by atoms with E-state index in [-0.39, 0.29) is 5.56 Å². The smallest absolute Gasteiger partial charge is 0.488 e. The van der Waals surface area contributed by atoms with Crippen LogP contribution in [-0.2, 0) is 12.8 Å². The first-order valence-electron chi connectivity index (χ1n) is 9.98. The second-order valence-electron chi connectivity index (χ2n) is 7.19. The predicted molar refractivity (Wildman–Crippen MR) is 112 cm³/mol. The maximum absolute atomic E-state index is 13.7. The molecule has 3 aromatic carbocycles. The lowest BCUT2D eigenvalue weighted by atomic mass is 10.1. The third-order valence-electron chi connectivity index (χ3n) is 4.51. The Morgan fingerprint density at radius 3 is 2.03 bits per heavy atom. The molecule has 0 atom stereocenters. The molecule has 196 valence electrons. The molecule has 37 heavy (non-hydrogen) atoms. The van der Waals surface area contributed by atoms with Gasteiger partial charge < -0.3 is 14.8 Å². The Bertz CT molecular complexity index is 1270. The molecule has 0 aromatic heterocycles. The molecule has 0 saturated carbocycles. The first-order valence-corrected chi connectivity index (χ1v) is 9.98. The lowest BCUT2D eigenvalue weighted by Gasteiger charge is -2.16. The Morgan fingerprint density at radius 1 is 0.838 bits per heavy atom. The van der Waals surface area contributed by atoms with Gasteiger partial charge in [-0.15, -0.1) is 13.2 Å². The second kappa shape index (κ2) is 10.7. The number of carbonyl (C=O) groups excluding carboxylic acids is 2. The van der Waals surface area contributed by atoms with Crippen LogP contribution in [0.4, 0.5) is 45.6 Å². The molecule has 0 unspecified atom stereocenters. The summed E-state index contributed by atoms with van der Waals surface area (Å²) in [5.74, 6) is -5.17. The van der Waals surface area contributed by atoms with E-state index in [2.05, 4.69) is 4.74 Å². The molecule has 0 saturated heterocycles. The Labute approximate surface area is 202 Å². The standard InChI is InChI=1S/C23H14F8N2O4/c24-16-2-1-3-17(25)19(16)20(34)33-21(35)32-13-6-9-18(15(10-13)22(26,27)28)36-11-12-4-7-14(8-5-12)37-23(29,30)31/h1-10H,11H2,(H2,32,33,34,35). The number of halogens is 8. The number of rotatable bonds is 6. The molecular formula is C23H14F8N2O4. The third kappa shape index (κ3) is 7.56. The van der Waals surface area contributed by atoms with Crippen LogP contribution < -0.4 is 20.1 Å². The Morgan fingerprint density at radius 2 is 1.46 bits per heavy atom. The van der Waals surface area contributed by atoms with Crippen molar-refractivity contribution < 1.29 is 54.2 Å². The Kier molecular flexibility index (Phi) is 7.89. The number of carbonyl (C=O) groups is 2. The number of ether oxygens (including phenoxy) is 2. The van der Waals surface area contributed by atoms with Crippen LogP contribution in [0.2, 0.25) is 0 Å². The van der Waals surface area contributed by atoms with Crippen LogP contribution in [0.25, 0.3) is 0 Å². The van der Waals surface area contributed by atoms with Gasteiger partial charge in [0.2, 0.25) is 0 Å². The van der Waals surface area contributed by atoms with Crippen molar-refractivity contribution in [3.63, 3.8) is 0 Å². The van der Waals surface area contributed by atoms with Crippen LogP contribution in [0.15, 0.2) is 60.7 Å². The molecule has 0 heterocycles. The Balaban J connectivity index is 1.70. The minimum Gasteiger partial charge on any atom is -0.488 e. The normalized spacial score (nSPS) is 11.6. The molecule has 2 N–H and O–H groups in total. The van der Waals surface area contributed by atoms with Crippen molar-refractivity contribution in [3.8, 4) is 11.5 Å². The zero-order chi connectivity index (χ0) is 27.4. The average Bonchev–Trinajstić information content (AvgIpc) is 2.77. The molecule has 3 aromatic rings. The maximum atomic E-state index is 13.7. The largest absolute Gasteiger partial charge is 0.573 e. The molecular weight excluding hydrogens is 520 g/mol. The number of alkyl halides is 6. The first-order chi connectivity index (χ1) is 17.2. The average molecular weight is 534 g/mol.